The number of para-hydroxylation sites is 1. The Bertz CT molecular complexity index is 1170. The molecule has 8 nitrogen and oxygen atoms in total. The van der Waals surface area contributed by atoms with Gasteiger partial charge >= 0.3 is 0 Å². The monoisotopic (exact) mass is 463 g/mol. The van der Waals surface area contributed by atoms with Gasteiger partial charge in [0.2, 0.25) is 0 Å². The Hall–Kier alpha value is -3.44. The summed E-state index contributed by atoms with van der Waals surface area (Å²) in [4.78, 5) is 24.3. The first-order chi connectivity index (χ1) is 14.8. The minimum Gasteiger partial charge on any atom is -0.478 e. The standard InChI is InChI=1S/C20H18FN3O5S2/c1-13(29-17-6-3-2-5-16(17)21)19(25)22-23-20(26)14-8-10-15(11-9-14)24-31(27,28)18-7-4-12-30-18/h2-13,24H,1H3,(H,22,25)(H,23,26). The van der Waals surface area contributed by atoms with Crippen LogP contribution in [0.4, 0.5) is 10.1 Å². The van der Waals surface area contributed by atoms with Crippen molar-refractivity contribution in [2.24, 2.45) is 0 Å². The molecule has 3 N–H and O–H groups in total. The normalized spacial score (nSPS) is 11.9. The number of thiophene rings is 1. The molecular weight excluding hydrogens is 445 g/mol. The number of ether oxygens (including phenoxy) is 1. The molecule has 0 aliphatic carbocycles. The number of nitrogens with one attached hydrogen (secondary N) is 3. The first-order valence-corrected chi connectivity index (χ1v) is 11.3. The highest BCUT2D eigenvalue weighted by Gasteiger charge is 2.18. The van der Waals surface area contributed by atoms with E-state index in [1.54, 1.807) is 17.5 Å². The van der Waals surface area contributed by atoms with Gasteiger partial charge in [-0.1, -0.05) is 18.2 Å². The molecule has 11 heteroatoms. The Morgan fingerprint density at radius 3 is 2.35 bits per heavy atom. The summed E-state index contributed by atoms with van der Waals surface area (Å²) in [5, 5.41) is 1.65. The molecule has 0 aliphatic heterocycles. The number of carbonyl (C=O) groups excluding carboxylic acids is 2. The van der Waals surface area contributed by atoms with E-state index >= 15 is 0 Å². The molecule has 0 fully saturated rings. The average molecular weight is 464 g/mol. The fourth-order valence-corrected chi connectivity index (χ4v) is 4.44. The summed E-state index contributed by atoms with van der Waals surface area (Å²) in [7, 11) is -3.69. The van der Waals surface area contributed by atoms with E-state index in [9.17, 15) is 22.4 Å². The number of rotatable bonds is 7. The second-order valence-electron chi connectivity index (χ2n) is 6.25. The number of sulfonamides is 1. The second kappa shape index (κ2) is 9.58. The van der Waals surface area contributed by atoms with Gasteiger partial charge < -0.3 is 4.74 Å². The summed E-state index contributed by atoms with van der Waals surface area (Å²) in [6, 6.07) is 14.4. The number of hydrogen-bond donors (Lipinski definition) is 3. The van der Waals surface area contributed by atoms with E-state index in [1.165, 1.54) is 55.5 Å². The van der Waals surface area contributed by atoms with Crippen LogP contribution in [-0.4, -0.2) is 26.3 Å². The first kappa shape index (κ1) is 22.2. The van der Waals surface area contributed by atoms with Crippen LogP contribution in [-0.2, 0) is 14.8 Å². The van der Waals surface area contributed by atoms with Crippen molar-refractivity contribution in [3.05, 3.63) is 77.4 Å². The maximum Gasteiger partial charge on any atom is 0.279 e. The summed E-state index contributed by atoms with van der Waals surface area (Å²) >= 11 is 1.08. The van der Waals surface area contributed by atoms with Crippen molar-refractivity contribution in [2.45, 2.75) is 17.2 Å². The van der Waals surface area contributed by atoms with E-state index < -0.39 is 33.8 Å². The molecule has 31 heavy (non-hydrogen) atoms. The van der Waals surface area contributed by atoms with Gasteiger partial charge in [-0.15, -0.1) is 11.3 Å². The molecule has 1 unspecified atom stereocenters. The van der Waals surface area contributed by atoms with Crippen molar-refractivity contribution in [1.29, 1.82) is 0 Å². The van der Waals surface area contributed by atoms with Gasteiger partial charge in [0, 0.05) is 11.3 Å². The van der Waals surface area contributed by atoms with Crippen LogP contribution in [0.1, 0.15) is 17.3 Å². The van der Waals surface area contributed by atoms with E-state index in [2.05, 4.69) is 15.6 Å². The van der Waals surface area contributed by atoms with Gasteiger partial charge in [-0.05, 0) is 54.8 Å². The highest BCUT2D eigenvalue weighted by atomic mass is 32.2. The minimum absolute atomic E-state index is 0.0860. The summed E-state index contributed by atoms with van der Waals surface area (Å²) in [6.07, 6.45) is -1.06. The minimum atomic E-state index is -3.69. The van der Waals surface area contributed by atoms with E-state index in [0.29, 0.717) is 0 Å². The molecule has 0 saturated carbocycles. The molecule has 1 heterocycles. The molecule has 3 aromatic rings. The van der Waals surface area contributed by atoms with Crippen LogP contribution >= 0.6 is 11.3 Å². The third kappa shape index (κ3) is 5.80. The van der Waals surface area contributed by atoms with E-state index in [4.69, 9.17) is 4.74 Å². The summed E-state index contributed by atoms with van der Waals surface area (Å²) in [6.45, 7) is 1.41. The van der Waals surface area contributed by atoms with Crippen LogP contribution in [0.15, 0.2) is 70.3 Å². The van der Waals surface area contributed by atoms with E-state index in [0.717, 1.165) is 11.3 Å². The molecule has 1 aromatic heterocycles. The number of benzene rings is 2. The van der Waals surface area contributed by atoms with Gasteiger partial charge in [-0.3, -0.25) is 25.2 Å². The van der Waals surface area contributed by atoms with Crippen molar-refractivity contribution in [3.8, 4) is 5.75 Å². The number of amides is 2. The molecule has 3 rings (SSSR count). The van der Waals surface area contributed by atoms with Gasteiger partial charge in [0.1, 0.15) is 4.21 Å². The zero-order chi connectivity index (χ0) is 22.4. The van der Waals surface area contributed by atoms with Crippen LogP contribution in [0.3, 0.4) is 0 Å². The number of anilines is 1. The number of hydrazine groups is 1. The average Bonchev–Trinajstić information content (AvgIpc) is 3.30. The largest absolute Gasteiger partial charge is 0.478 e. The third-order valence-corrected chi connectivity index (χ3v) is 6.75. The Labute approximate surface area is 182 Å². The van der Waals surface area contributed by atoms with Gasteiger partial charge in [0.25, 0.3) is 21.8 Å². The Morgan fingerprint density at radius 2 is 1.71 bits per heavy atom. The lowest BCUT2D eigenvalue weighted by Gasteiger charge is -2.15. The lowest BCUT2D eigenvalue weighted by atomic mass is 10.2. The van der Waals surface area contributed by atoms with Gasteiger partial charge in [-0.2, -0.15) is 0 Å². The summed E-state index contributed by atoms with van der Waals surface area (Å²) in [5.41, 5.74) is 4.88. The molecular formula is C20H18FN3O5S2. The van der Waals surface area contributed by atoms with Crippen LogP contribution in [0.25, 0.3) is 0 Å². The topological polar surface area (TPSA) is 114 Å². The quantitative estimate of drug-likeness (QED) is 0.466. The molecule has 0 bridgehead atoms. The first-order valence-electron chi connectivity index (χ1n) is 8.94. The van der Waals surface area contributed by atoms with Crippen molar-refractivity contribution in [3.63, 3.8) is 0 Å². The van der Waals surface area contributed by atoms with Gasteiger partial charge in [-0.25, -0.2) is 12.8 Å². The SMILES string of the molecule is CC(Oc1ccccc1F)C(=O)NNC(=O)c1ccc(NS(=O)(=O)c2cccs2)cc1. The van der Waals surface area contributed by atoms with Crippen molar-refractivity contribution in [1.82, 2.24) is 10.9 Å². The summed E-state index contributed by atoms with van der Waals surface area (Å²) in [5.74, 6) is -2.01. The van der Waals surface area contributed by atoms with E-state index in [-0.39, 0.29) is 21.2 Å². The highest BCUT2D eigenvalue weighted by molar-refractivity contribution is 7.94. The number of carbonyl (C=O) groups is 2. The van der Waals surface area contributed by atoms with Crippen LogP contribution in [0.5, 0.6) is 5.75 Å². The smallest absolute Gasteiger partial charge is 0.279 e. The van der Waals surface area contributed by atoms with Crippen molar-refractivity contribution < 1.29 is 27.1 Å². The zero-order valence-electron chi connectivity index (χ0n) is 16.2. The lowest BCUT2D eigenvalue weighted by Crippen LogP contribution is -2.47. The van der Waals surface area contributed by atoms with Crippen LogP contribution < -0.4 is 20.3 Å². The van der Waals surface area contributed by atoms with Crippen molar-refractivity contribution in [2.75, 3.05) is 4.72 Å². The second-order valence-corrected chi connectivity index (χ2v) is 9.11. The molecule has 0 spiro atoms. The molecule has 0 saturated heterocycles. The maximum atomic E-state index is 13.6. The molecule has 1 atom stereocenters. The van der Waals surface area contributed by atoms with Gasteiger partial charge in [0.15, 0.2) is 17.7 Å². The fourth-order valence-electron chi connectivity index (χ4n) is 2.39. The lowest BCUT2D eigenvalue weighted by molar-refractivity contribution is -0.128. The van der Waals surface area contributed by atoms with Crippen molar-refractivity contribution >= 4 is 38.9 Å². The van der Waals surface area contributed by atoms with E-state index in [1.807, 2.05) is 0 Å². The predicted octanol–water partition coefficient (Wildman–Crippen LogP) is 2.92. The highest BCUT2D eigenvalue weighted by Crippen LogP contribution is 2.20. The Balaban J connectivity index is 1.53. The molecule has 0 radical (unpaired) electrons. The van der Waals surface area contributed by atoms with Crippen LogP contribution in [0, 0.1) is 5.82 Å². The Kier molecular flexibility index (Phi) is 6.88. The third-order valence-electron chi connectivity index (χ3n) is 3.97. The number of hydrogen-bond acceptors (Lipinski definition) is 6. The maximum absolute atomic E-state index is 13.6. The zero-order valence-corrected chi connectivity index (χ0v) is 17.8. The molecule has 2 amide bonds. The fraction of sp³-hybridized carbons (Fsp3) is 0.100. The molecule has 0 aliphatic rings. The van der Waals surface area contributed by atoms with Crippen LogP contribution in [0.2, 0.25) is 0 Å². The molecule has 162 valence electrons. The Morgan fingerprint density at radius 1 is 1.00 bits per heavy atom. The predicted molar refractivity (Wildman–Crippen MR) is 114 cm³/mol. The number of halogens is 1. The summed E-state index contributed by atoms with van der Waals surface area (Å²) < 4.78 is 45.8. The van der Waals surface area contributed by atoms with Gasteiger partial charge in [0.05, 0.1) is 0 Å². The molecule has 2 aromatic carbocycles.